The number of halogens is 2. The average molecular weight is 458 g/mol. The number of benzene rings is 2. The van der Waals surface area contributed by atoms with Gasteiger partial charge in [-0.3, -0.25) is 0 Å². The fourth-order valence-corrected chi connectivity index (χ4v) is 11.6. The second-order valence-electron chi connectivity index (χ2n) is 10.0. The molecule has 1 aliphatic carbocycles. The van der Waals surface area contributed by atoms with Crippen LogP contribution in [-0.2, 0) is 0 Å². The largest absolute Gasteiger partial charge is 0.207 e. The van der Waals surface area contributed by atoms with Gasteiger partial charge in [0.15, 0.2) is 0 Å². The van der Waals surface area contributed by atoms with E-state index in [1.165, 1.54) is 35.8 Å². The summed E-state index contributed by atoms with van der Waals surface area (Å²) in [6.45, 7) is 16.3. The summed E-state index contributed by atoms with van der Waals surface area (Å²) in [5, 5.41) is 2.56. The maximum atomic E-state index is 13.7. The molecule has 165 valence electrons. The van der Waals surface area contributed by atoms with Crippen molar-refractivity contribution in [3.05, 3.63) is 91.0 Å². The van der Waals surface area contributed by atoms with Crippen LogP contribution in [0.15, 0.2) is 48.5 Å². The maximum Gasteiger partial charge on any atom is 0.123 e. The van der Waals surface area contributed by atoms with E-state index in [4.69, 9.17) is 0 Å². The van der Waals surface area contributed by atoms with Gasteiger partial charge in [-0.15, -0.1) is 0 Å². The van der Waals surface area contributed by atoms with Gasteiger partial charge in [-0.25, -0.2) is 8.78 Å². The molecule has 1 aliphatic rings. The lowest BCUT2D eigenvalue weighted by molar-refractivity contribution is 0.628. The monoisotopic (exact) mass is 457 g/mol. The molecule has 2 aromatic carbocycles. The Hall–Kier alpha value is -0.840. The molecule has 0 amide bonds. The summed E-state index contributed by atoms with van der Waals surface area (Å²) in [5.74, 6) is 0.905. The normalized spacial score (nSPS) is 17.6. The van der Waals surface area contributed by atoms with Crippen LogP contribution < -0.4 is 10.6 Å². The number of hydrogen-bond acceptors (Lipinski definition) is 0. The molecule has 0 saturated heterocycles. The molecule has 0 heterocycles. The molecule has 1 saturated carbocycles. The molecule has 31 heavy (non-hydrogen) atoms. The van der Waals surface area contributed by atoms with Crippen LogP contribution in [-0.4, -0.2) is 16.0 Å². The molecule has 0 aromatic heterocycles. The number of rotatable bonds is 5. The van der Waals surface area contributed by atoms with Gasteiger partial charge in [-0.1, -0.05) is 80.7 Å². The standard InChI is InChI=1S/C27H33F2P2/c1-19(24-9-8-10-25(24)31(26(2,3)4)27(5,6)7)30(22-15-11-20(28)12-16-22)23-17-13-21(29)14-18-23/h8-19H,1-7H3/t19-/m1/s1. The summed E-state index contributed by atoms with van der Waals surface area (Å²) >= 11 is 0. The van der Waals surface area contributed by atoms with Crippen molar-refractivity contribution in [3.8, 4) is 0 Å². The van der Waals surface area contributed by atoms with Crippen LogP contribution >= 0.6 is 15.8 Å². The summed E-state index contributed by atoms with van der Waals surface area (Å²) in [5.41, 5.74) is 1.69. The van der Waals surface area contributed by atoms with Crippen molar-refractivity contribution < 1.29 is 8.78 Å². The number of hydrogen-bond donors (Lipinski definition) is 0. The van der Waals surface area contributed by atoms with Gasteiger partial charge in [0, 0.05) is 5.66 Å². The van der Waals surface area contributed by atoms with Crippen molar-refractivity contribution in [1.82, 2.24) is 0 Å². The van der Waals surface area contributed by atoms with E-state index < -0.39 is 15.8 Å². The van der Waals surface area contributed by atoms with Crippen LogP contribution in [0.4, 0.5) is 8.78 Å². The van der Waals surface area contributed by atoms with E-state index in [2.05, 4.69) is 67.7 Å². The summed E-state index contributed by atoms with van der Waals surface area (Å²) in [6, 6.07) is 13.7. The predicted octanol–water partition coefficient (Wildman–Crippen LogP) is 7.60. The van der Waals surface area contributed by atoms with Crippen molar-refractivity contribution in [2.45, 2.75) is 64.4 Å². The minimum absolute atomic E-state index is 0.172. The summed E-state index contributed by atoms with van der Waals surface area (Å²) in [4.78, 5) is 0. The highest BCUT2D eigenvalue weighted by molar-refractivity contribution is 7.74. The first-order valence-corrected chi connectivity index (χ1v) is 13.5. The van der Waals surface area contributed by atoms with Gasteiger partial charge in [0.05, 0.1) is 0 Å². The van der Waals surface area contributed by atoms with Crippen molar-refractivity contribution in [3.63, 3.8) is 0 Å². The first kappa shape index (κ1) is 24.8. The Morgan fingerprint density at radius 1 is 0.677 bits per heavy atom. The van der Waals surface area contributed by atoms with Crippen molar-refractivity contribution in [2.24, 2.45) is 0 Å². The lowest BCUT2D eigenvalue weighted by Crippen LogP contribution is -2.33. The van der Waals surface area contributed by atoms with Crippen molar-refractivity contribution >= 4 is 26.5 Å². The van der Waals surface area contributed by atoms with Crippen LogP contribution in [0.25, 0.3) is 0 Å². The fourth-order valence-electron chi connectivity index (χ4n) is 4.65. The SMILES string of the molecule is C[C@H]([C]1[CH][CH][CH][C]1P(C(C)(C)C)C(C)(C)C)P(c1ccc(F)cc1)c1ccc(F)cc1. The molecule has 1 fully saturated rings. The highest BCUT2D eigenvalue weighted by Crippen LogP contribution is 2.72. The Kier molecular flexibility index (Phi) is 7.65. The molecule has 0 bridgehead atoms. The highest BCUT2D eigenvalue weighted by Gasteiger charge is 2.48. The molecular formula is C27H33F2P2. The lowest BCUT2D eigenvalue weighted by atomic mass is 10.0. The zero-order valence-electron chi connectivity index (χ0n) is 19.6. The van der Waals surface area contributed by atoms with E-state index in [-0.39, 0.29) is 27.6 Å². The molecule has 1 atom stereocenters. The van der Waals surface area contributed by atoms with Gasteiger partial charge in [-0.2, -0.15) is 0 Å². The summed E-state index contributed by atoms with van der Waals surface area (Å²) in [6.07, 6.45) is 6.74. The van der Waals surface area contributed by atoms with Crippen LogP contribution in [0.3, 0.4) is 0 Å². The van der Waals surface area contributed by atoms with Crippen LogP contribution in [0.2, 0.25) is 0 Å². The Labute approximate surface area is 190 Å². The van der Waals surface area contributed by atoms with E-state index in [1.54, 1.807) is 0 Å². The summed E-state index contributed by atoms with van der Waals surface area (Å²) in [7, 11) is -1.26. The predicted molar refractivity (Wildman–Crippen MR) is 134 cm³/mol. The minimum atomic E-state index is -0.823. The first-order chi connectivity index (χ1) is 14.4. The van der Waals surface area contributed by atoms with Crippen LogP contribution in [0.1, 0.15) is 48.5 Å². The molecule has 0 unspecified atom stereocenters. The molecule has 0 N–H and O–H groups in total. The van der Waals surface area contributed by atoms with Crippen molar-refractivity contribution in [2.75, 3.05) is 0 Å². The van der Waals surface area contributed by atoms with Crippen LogP contribution in [0, 0.1) is 42.5 Å². The Bertz CT molecular complexity index is 787. The third kappa shape index (κ3) is 5.75. The third-order valence-corrected chi connectivity index (χ3v) is 11.8. The van der Waals surface area contributed by atoms with Gasteiger partial charge in [0.1, 0.15) is 11.6 Å². The molecule has 0 aliphatic heterocycles. The molecule has 0 nitrogen and oxygen atoms in total. The topological polar surface area (TPSA) is 0 Å². The third-order valence-electron chi connectivity index (χ3n) is 5.46. The van der Waals surface area contributed by atoms with E-state index in [9.17, 15) is 8.78 Å². The zero-order chi connectivity index (χ0) is 23.0. The Morgan fingerprint density at radius 3 is 1.48 bits per heavy atom. The minimum Gasteiger partial charge on any atom is -0.207 e. The smallest absolute Gasteiger partial charge is 0.123 e. The maximum absolute atomic E-state index is 13.7. The van der Waals surface area contributed by atoms with Crippen molar-refractivity contribution in [1.29, 1.82) is 0 Å². The molecular weight excluding hydrogens is 424 g/mol. The molecule has 4 heteroatoms. The van der Waals surface area contributed by atoms with Gasteiger partial charge in [0.2, 0.25) is 0 Å². The van der Waals surface area contributed by atoms with E-state index in [1.807, 2.05) is 24.3 Å². The molecule has 0 spiro atoms. The summed E-state index contributed by atoms with van der Waals surface area (Å²) < 4.78 is 27.3. The van der Waals surface area contributed by atoms with Gasteiger partial charge < -0.3 is 0 Å². The van der Waals surface area contributed by atoms with Gasteiger partial charge in [-0.05, 0) is 83.9 Å². The molecule has 5 radical (unpaired) electrons. The van der Waals surface area contributed by atoms with Gasteiger partial charge >= 0.3 is 0 Å². The Morgan fingerprint density at radius 2 is 1.10 bits per heavy atom. The second kappa shape index (κ2) is 9.57. The van der Waals surface area contributed by atoms with E-state index >= 15 is 0 Å². The van der Waals surface area contributed by atoms with Crippen LogP contribution in [0.5, 0.6) is 0 Å². The van der Waals surface area contributed by atoms with E-state index in [0.717, 1.165) is 10.6 Å². The highest BCUT2D eigenvalue weighted by atomic mass is 31.1. The average Bonchev–Trinajstić information content (AvgIpc) is 3.11. The quantitative estimate of drug-likeness (QED) is 0.406. The lowest BCUT2D eigenvalue weighted by Gasteiger charge is -2.48. The fraction of sp³-hybridized carbons (Fsp3) is 0.370. The second-order valence-corrected chi connectivity index (χ2v) is 16.4. The first-order valence-electron chi connectivity index (χ1n) is 10.8. The molecule has 2 aromatic rings. The molecule has 3 rings (SSSR count). The Balaban J connectivity index is 2.02. The zero-order valence-corrected chi connectivity index (χ0v) is 21.4. The van der Waals surface area contributed by atoms with Gasteiger partial charge in [0.25, 0.3) is 0 Å². The van der Waals surface area contributed by atoms with E-state index in [0.29, 0.717) is 0 Å².